The van der Waals surface area contributed by atoms with Gasteiger partial charge in [0.05, 0.1) is 20.8 Å². The van der Waals surface area contributed by atoms with Crippen LogP contribution in [0.4, 0.5) is 5.69 Å². The second-order valence-electron chi connectivity index (χ2n) is 4.95. The lowest BCUT2D eigenvalue weighted by Crippen LogP contribution is -2.27. The molecule has 0 aliphatic carbocycles. The van der Waals surface area contributed by atoms with E-state index in [1.807, 2.05) is 49.4 Å². The zero-order valence-corrected chi connectivity index (χ0v) is 14.9. The van der Waals surface area contributed by atoms with Crippen LogP contribution < -0.4 is 24.8 Å². The van der Waals surface area contributed by atoms with Crippen LogP contribution in [0, 0.1) is 0 Å². The fourth-order valence-corrected chi connectivity index (χ4v) is 2.34. The molecule has 0 spiro atoms. The summed E-state index contributed by atoms with van der Waals surface area (Å²) in [5.41, 5.74) is 1.95. The van der Waals surface area contributed by atoms with Gasteiger partial charge in [-0.25, -0.2) is 0 Å². The fraction of sp³-hybridized carbons (Fsp3) is 0.278. The molecule has 5 nitrogen and oxygen atoms in total. The molecule has 2 aromatic rings. The maximum Gasteiger partial charge on any atom is 0.171 e. The molecular formula is C18H22N2O3S. The molecule has 0 unspecified atom stereocenters. The Labute approximate surface area is 147 Å². The zero-order chi connectivity index (χ0) is 17.4. The molecule has 0 fully saturated rings. The first-order valence-corrected chi connectivity index (χ1v) is 8.05. The minimum absolute atomic E-state index is 0.550. The lowest BCUT2D eigenvalue weighted by atomic mass is 10.2. The smallest absolute Gasteiger partial charge is 0.171 e. The maximum absolute atomic E-state index is 5.41. The predicted octanol–water partition coefficient (Wildman–Crippen LogP) is 3.59. The predicted molar refractivity (Wildman–Crippen MR) is 100 cm³/mol. The highest BCUT2D eigenvalue weighted by molar-refractivity contribution is 7.80. The largest absolute Gasteiger partial charge is 0.494 e. The number of hydrogen-bond donors (Lipinski definition) is 2. The molecule has 2 N–H and O–H groups in total. The first kappa shape index (κ1) is 17.9. The molecule has 0 atom stereocenters. The fourth-order valence-electron chi connectivity index (χ4n) is 2.15. The van der Waals surface area contributed by atoms with Crippen molar-refractivity contribution in [3.63, 3.8) is 0 Å². The molecule has 0 bridgehead atoms. The first-order valence-electron chi connectivity index (χ1n) is 7.65. The standard InChI is InChI=1S/C18H22N2O3S/c1-4-23-15-8-6-14(7-9-15)20-18(24)19-12-13-5-10-16(21-2)17(11-13)22-3/h5-11H,4,12H2,1-3H3,(H2,19,20,24). The number of nitrogens with one attached hydrogen (secondary N) is 2. The summed E-state index contributed by atoms with van der Waals surface area (Å²) in [6.45, 7) is 3.20. The van der Waals surface area contributed by atoms with E-state index in [2.05, 4.69) is 10.6 Å². The van der Waals surface area contributed by atoms with Gasteiger partial charge in [-0.3, -0.25) is 0 Å². The average Bonchev–Trinajstić information content (AvgIpc) is 2.61. The van der Waals surface area contributed by atoms with E-state index < -0.39 is 0 Å². The van der Waals surface area contributed by atoms with Crippen LogP contribution in [0.1, 0.15) is 12.5 Å². The van der Waals surface area contributed by atoms with E-state index in [4.69, 9.17) is 26.4 Å². The van der Waals surface area contributed by atoms with Gasteiger partial charge in [0.15, 0.2) is 16.6 Å². The van der Waals surface area contributed by atoms with E-state index in [9.17, 15) is 0 Å². The van der Waals surface area contributed by atoms with E-state index >= 15 is 0 Å². The quantitative estimate of drug-likeness (QED) is 0.747. The monoisotopic (exact) mass is 346 g/mol. The number of ether oxygens (including phenoxy) is 3. The van der Waals surface area contributed by atoms with E-state index in [0.717, 1.165) is 17.0 Å². The number of rotatable bonds is 7. The topological polar surface area (TPSA) is 51.8 Å². The Morgan fingerprint density at radius 2 is 1.71 bits per heavy atom. The van der Waals surface area contributed by atoms with Crippen molar-refractivity contribution in [1.82, 2.24) is 5.32 Å². The Bertz CT molecular complexity index is 674. The second-order valence-corrected chi connectivity index (χ2v) is 5.36. The number of anilines is 1. The van der Waals surface area contributed by atoms with Crippen LogP contribution in [-0.4, -0.2) is 25.9 Å². The van der Waals surface area contributed by atoms with Gasteiger partial charge in [0, 0.05) is 12.2 Å². The third kappa shape index (κ3) is 5.03. The molecule has 0 saturated heterocycles. The Morgan fingerprint density at radius 3 is 2.33 bits per heavy atom. The molecule has 24 heavy (non-hydrogen) atoms. The summed E-state index contributed by atoms with van der Waals surface area (Å²) in [5.74, 6) is 2.24. The molecular weight excluding hydrogens is 324 g/mol. The summed E-state index contributed by atoms with van der Waals surface area (Å²) in [4.78, 5) is 0. The van der Waals surface area contributed by atoms with Gasteiger partial charge < -0.3 is 24.8 Å². The SMILES string of the molecule is CCOc1ccc(NC(=S)NCc2ccc(OC)c(OC)c2)cc1. The van der Waals surface area contributed by atoms with Gasteiger partial charge in [-0.1, -0.05) is 6.07 Å². The lowest BCUT2D eigenvalue weighted by molar-refractivity contribution is 0.340. The van der Waals surface area contributed by atoms with Crippen LogP contribution in [0.5, 0.6) is 17.2 Å². The second kappa shape index (κ2) is 8.98. The van der Waals surface area contributed by atoms with Gasteiger partial charge in [0.2, 0.25) is 0 Å². The van der Waals surface area contributed by atoms with E-state index in [0.29, 0.717) is 29.8 Å². The van der Waals surface area contributed by atoms with Crippen molar-refractivity contribution in [3.8, 4) is 17.2 Å². The van der Waals surface area contributed by atoms with Crippen molar-refractivity contribution in [2.75, 3.05) is 26.1 Å². The Morgan fingerprint density at radius 1 is 1.00 bits per heavy atom. The van der Waals surface area contributed by atoms with Crippen LogP contribution in [0.15, 0.2) is 42.5 Å². The molecule has 0 radical (unpaired) electrons. The summed E-state index contributed by atoms with van der Waals surface area (Å²) >= 11 is 5.32. The minimum atomic E-state index is 0.550. The molecule has 128 valence electrons. The summed E-state index contributed by atoms with van der Waals surface area (Å²) in [6.07, 6.45) is 0. The molecule has 0 heterocycles. The van der Waals surface area contributed by atoms with Crippen LogP contribution >= 0.6 is 12.2 Å². The van der Waals surface area contributed by atoms with Crippen molar-refractivity contribution in [3.05, 3.63) is 48.0 Å². The van der Waals surface area contributed by atoms with Crippen LogP contribution in [0.3, 0.4) is 0 Å². The van der Waals surface area contributed by atoms with E-state index in [1.54, 1.807) is 14.2 Å². The van der Waals surface area contributed by atoms with Gasteiger partial charge in [-0.15, -0.1) is 0 Å². The summed E-state index contributed by atoms with van der Waals surface area (Å²) in [7, 11) is 3.23. The normalized spacial score (nSPS) is 9.96. The molecule has 2 aromatic carbocycles. The maximum atomic E-state index is 5.41. The zero-order valence-electron chi connectivity index (χ0n) is 14.1. The van der Waals surface area contributed by atoms with Crippen molar-refractivity contribution in [2.24, 2.45) is 0 Å². The van der Waals surface area contributed by atoms with Gasteiger partial charge >= 0.3 is 0 Å². The minimum Gasteiger partial charge on any atom is -0.494 e. The van der Waals surface area contributed by atoms with Crippen LogP contribution in [0.2, 0.25) is 0 Å². The molecule has 0 aliphatic heterocycles. The highest BCUT2D eigenvalue weighted by Crippen LogP contribution is 2.27. The molecule has 0 aliphatic rings. The molecule has 2 rings (SSSR count). The van der Waals surface area contributed by atoms with Gasteiger partial charge in [-0.05, 0) is 61.1 Å². The Hall–Kier alpha value is -2.47. The number of hydrogen-bond acceptors (Lipinski definition) is 4. The Balaban J connectivity index is 1.88. The van der Waals surface area contributed by atoms with Crippen molar-refractivity contribution < 1.29 is 14.2 Å². The number of methoxy groups -OCH3 is 2. The summed E-state index contributed by atoms with van der Waals surface area (Å²) < 4.78 is 15.9. The van der Waals surface area contributed by atoms with Crippen LogP contribution in [-0.2, 0) is 6.54 Å². The summed E-state index contributed by atoms with van der Waals surface area (Å²) in [5, 5.41) is 6.86. The highest BCUT2D eigenvalue weighted by Gasteiger charge is 2.05. The molecule has 0 aromatic heterocycles. The average molecular weight is 346 g/mol. The molecule has 0 saturated carbocycles. The van der Waals surface area contributed by atoms with E-state index in [-0.39, 0.29) is 0 Å². The first-order chi connectivity index (χ1) is 11.7. The summed E-state index contributed by atoms with van der Waals surface area (Å²) in [6, 6.07) is 13.4. The van der Waals surface area contributed by atoms with Crippen molar-refractivity contribution in [2.45, 2.75) is 13.5 Å². The van der Waals surface area contributed by atoms with Gasteiger partial charge in [0.25, 0.3) is 0 Å². The van der Waals surface area contributed by atoms with Gasteiger partial charge in [-0.2, -0.15) is 0 Å². The number of thiocarbonyl (C=S) groups is 1. The third-order valence-corrected chi connectivity index (χ3v) is 3.57. The van der Waals surface area contributed by atoms with Crippen molar-refractivity contribution in [1.29, 1.82) is 0 Å². The van der Waals surface area contributed by atoms with E-state index in [1.165, 1.54) is 0 Å². The molecule has 0 amide bonds. The van der Waals surface area contributed by atoms with Crippen LogP contribution in [0.25, 0.3) is 0 Å². The number of benzene rings is 2. The Kier molecular flexibility index (Phi) is 6.69. The molecule has 6 heteroatoms. The van der Waals surface area contributed by atoms with Gasteiger partial charge in [0.1, 0.15) is 5.75 Å². The van der Waals surface area contributed by atoms with Crippen molar-refractivity contribution >= 4 is 23.0 Å². The highest BCUT2D eigenvalue weighted by atomic mass is 32.1. The third-order valence-electron chi connectivity index (χ3n) is 3.32. The lowest BCUT2D eigenvalue weighted by Gasteiger charge is -2.13.